The van der Waals surface area contributed by atoms with Gasteiger partial charge >= 0.3 is 0 Å². The number of fused-ring (bicyclic) bond motifs is 1. The minimum absolute atomic E-state index is 0.0789. The Labute approximate surface area is 165 Å². The summed E-state index contributed by atoms with van der Waals surface area (Å²) in [6.07, 6.45) is 2.53. The number of carbonyl (C=O) groups excluding carboxylic acids is 1. The molecule has 28 heavy (non-hydrogen) atoms. The van der Waals surface area contributed by atoms with Crippen LogP contribution in [0.4, 0.5) is 0 Å². The van der Waals surface area contributed by atoms with E-state index in [1.54, 1.807) is 0 Å². The lowest BCUT2D eigenvalue weighted by molar-refractivity contribution is -0.121. The molecule has 5 nitrogen and oxygen atoms in total. The van der Waals surface area contributed by atoms with E-state index in [9.17, 15) is 4.79 Å². The third-order valence-corrected chi connectivity index (χ3v) is 5.28. The number of nitrogens with zero attached hydrogens (tertiary/aromatic N) is 2. The number of aryl methyl sites for hydroxylation is 1. The first kappa shape index (κ1) is 18.7. The number of hydrogen-bond acceptors (Lipinski definition) is 3. The van der Waals surface area contributed by atoms with E-state index >= 15 is 0 Å². The van der Waals surface area contributed by atoms with Gasteiger partial charge in [-0.3, -0.25) is 9.69 Å². The van der Waals surface area contributed by atoms with E-state index in [4.69, 9.17) is 4.74 Å². The van der Waals surface area contributed by atoms with E-state index in [-0.39, 0.29) is 5.91 Å². The van der Waals surface area contributed by atoms with Crippen LogP contribution < -0.4 is 5.32 Å². The summed E-state index contributed by atoms with van der Waals surface area (Å²) in [7, 11) is 0. The van der Waals surface area contributed by atoms with Crippen molar-refractivity contribution < 1.29 is 9.53 Å². The fourth-order valence-electron chi connectivity index (χ4n) is 3.63. The molecule has 5 heteroatoms. The van der Waals surface area contributed by atoms with E-state index in [2.05, 4.69) is 57.2 Å². The van der Waals surface area contributed by atoms with Gasteiger partial charge in [0.1, 0.15) is 0 Å². The van der Waals surface area contributed by atoms with Crippen molar-refractivity contribution in [2.24, 2.45) is 0 Å². The largest absolute Gasteiger partial charge is 0.379 e. The van der Waals surface area contributed by atoms with Crippen LogP contribution in [0.2, 0.25) is 0 Å². The summed E-state index contributed by atoms with van der Waals surface area (Å²) in [4.78, 5) is 14.6. The van der Waals surface area contributed by atoms with Gasteiger partial charge in [-0.15, -0.1) is 0 Å². The van der Waals surface area contributed by atoms with Crippen molar-refractivity contribution in [1.82, 2.24) is 14.8 Å². The van der Waals surface area contributed by atoms with Crippen LogP contribution in [0.5, 0.6) is 0 Å². The molecule has 0 unspecified atom stereocenters. The first-order valence-corrected chi connectivity index (χ1v) is 9.96. The van der Waals surface area contributed by atoms with Gasteiger partial charge in [-0.05, 0) is 28.6 Å². The molecule has 1 amide bonds. The topological polar surface area (TPSA) is 46.5 Å². The molecule has 0 atom stereocenters. The summed E-state index contributed by atoms with van der Waals surface area (Å²) in [5.41, 5.74) is 3.60. The third kappa shape index (κ3) is 4.80. The van der Waals surface area contributed by atoms with Gasteiger partial charge in [-0.1, -0.05) is 42.5 Å². The van der Waals surface area contributed by atoms with Crippen LogP contribution in [0, 0.1) is 0 Å². The predicted molar refractivity (Wildman–Crippen MR) is 111 cm³/mol. The number of amides is 1. The second-order valence-corrected chi connectivity index (χ2v) is 7.30. The molecule has 1 aliphatic heterocycles. The predicted octanol–water partition coefficient (Wildman–Crippen LogP) is 3.18. The van der Waals surface area contributed by atoms with Gasteiger partial charge in [-0.2, -0.15) is 0 Å². The van der Waals surface area contributed by atoms with Crippen LogP contribution in [0.3, 0.4) is 0 Å². The number of ether oxygens (including phenoxy) is 1. The van der Waals surface area contributed by atoms with E-state index in [0.717, 1.165) is 38.4 Å². The van der Waals surface area contributed by atoms with Crippen LogP contribution >= 0.6 is 0 Å². The molecule has 0 radical (unpaired) electrons. The van der Waals surface area contributed by atoms with Crippen LogP contribution in [-0.2, 0) is 29.2 Å². The van der Waals surface area contributed by atoms with Gasteiger partial charge in [0.15, 0.2) is 0 Å². The zero-order valence-electron chi connectivity index (χ0n) is 16.1. The van der Waals surface area contributed by atoms with Crippen molar-refractivity contribution in [3.05, 3.63) is 71.9 Å². The van der Waals surface area contributed by atoms with E-state index in [0.29, 0.717) is 19.5 Å². The molecule has 2 heterocycles. The number of carbonyl (C=O) groups is 1. The Morgan fingerprint density at radius 2 is 1.71 bits per heavy atom. The molecule has 1 saturated heterocycles. The molecule has 0 spiro atoms. The van der Waals surface area contributed by atoms with Crippen LogP contribution in [0.1, 0.15) is 17.5 Å². The molecule has 1 fully saturated rings. The lowest BCUT2D eigenvalue weighted by Gasteiger charge is -2.26. The van der Waals surface area contributed by atoms with Crippen molar-refractivity contribution in [1.29, 1.82) is 0 Å². The number of nitrogens with one attached hydrogen (secondary N) is 1. The number of rotatable bonds is 7. The fourth-order valence-corrected chi connectivity index (χ4v) is 3.63. The molecule has 4 rings (SSSR count). The van der Waals surface area contributed by atoms with Crippen LogP contribution in [0.15, 0.2) is 60.8 Å². The Kier molecular flexibility index (Phi) is 6.04. The van der Waals surface area contributed by atoms with Crippen molar-refractivity contribution in [3.8, 4) is 0 Å². The van der Waals surface area contributed by atoms with Crippen LogP contribution in [-0.4, -0.2) is 41.7 Å². The number of aromatic nitrogens is 1. The number of morpholine rings is 1. The van der Waals surface area contributed by atoms with Gasteiger partial charge in [-0.25, -0.2) is 0 Å². The normalized spacial score (nSPS) is 15.0. The zero-order valence-corrected chi connectivity index (χ0v) is 16.1. The summed E-state index contributed by atoms with van der Waals surface area (Å²) in [6, 6.07) is 18.9. The lowest BCUT2D eigenvalue weighted by Crippen LogP contribution is -2.35. The highest BCUT2D eigenvalue weighted by Gasteiger charge is 2.10. The maximum Gasteiger partial charge on any atom is 0.222 e. The van der Waals surface area contributed by atoms with E-state index in [1.165, 1.54) is 16.5 Å². The summed E-state index contributed by atoms with van der Waals surface area (Å²) in [6.45, 7) is 5.86. The Morgan fingerprint density at radius 3 is 2.54 bits per heavy atom. The molecule has 0 aliphatic carbocycles. The van der Waals surface area contributed by atoms with Gasteiger partial charge in [0.25, 0.3) is 0 Å². The quantitative estimate of drug-likeness (QED) is 0.688. The molecular formula is C23H27N3O2. The monoisotopic (exact) mass is 377 g/mol. The van der Waals surface area contributed by atoms with E-state index in [1.807, 2.05) is 18.3 Å². The number of benzene rings is 2. The minimum atomic E-state index is 0.0789. The van der Waals surface area contributed by atoms with Crippen molar-refractivity contribution in [3.63, 3.8) is 0 Å². The van der Waals surface area contributed by atoms with Crippen molar-refractivity contribution in [2.75, 3.05) is 26.3 Å². The maximum atomic E-state index is 12.2. The van der Waals surface area contributed by atoms with Gasteiger partial charge in [0, 0.05) is 50.9 Å². The highest BCUT2D eigenvalue weighted by atomic mass is 16.5. The van der Waals surface area contributed by atoms with E-state index < -0.39 is 0 Å². The standard InChI is InChI=1S/C23H27N3O2/c27-23(10-12-26-11-9-21-3-1-2-4-22(21)26)24-17-19-5-7-20(8-6-19)18-25-13-15-28-16-14-25/h1-9,11H,10,12-18H2,(H,24,27). The molecule has 1 N–H and O–H groups in total. The van der Waals surface area contributed by atoms with Gasteiger partial charge in [0.05, 0.1) is 13.2 Å². The number of hydrogen-bond donors (Lipinski definition) is 1. The first-order valence-electron chi connectivity index (χ1n) is 9.96. The highest BCUT2D eigenvalue weighted by molar-refractivity contribution is 5.80. The van der Waals surface area contributed by atoms with Crippen molar-refractivity contribution >= 4 is 16.8 Å². The minimum Gasteiger partial charge on any atom is -0.379 e. The molecule has 1 aliphatic rings. The Morgan fingerprint density at radius 1 is 0.964 bits per heavy atom. The number of para-hydroxylation sites is 1. The Hall–Kier alpha value is -2.63. The second-order valence-electron chi connectivity index (χ2n) is 7.30. The molecule has 3 aromatic rings. The first-order chi connectivity index (χ1) is 13.8. The van der Waals surface area contributed by atoms with Gasteiger partial charge < -0.3 is 14.6 Å². The average molecular weight is 377 g/mol. The van der Waals surface area contributed by atoms with Crippen LogP contribution in [0.25, 0.3) is 10.9 Å². The molecule has 1 aromatic heterocycles. The summed E-state index contributed by atoms with van der Waals surface area (Å²) < 4.78 is 7.53. The SMILES string of the molecule is O=C(CCn1ccc2ccccc21)NCc1ccc(CN2CCOCC2)cc1. The lowest BCUT2D eigenvalue weighted by atomic mass is 10.1. The molecule has 2 aromatic carbocycles. The Bertz CT molecular complexity index is 911. The second kappa shape index (κ2) is 9.04. The summed E-state index contributed by atoms with van der Waals surface area (Å²) >= 11 is 0. The van der Waals surface area contributed by atoms with Crippen molar-refractivity contribution in [2.45, 2.75) is 26.1 Å². The third-order valence-electron chi connectivity index (χ3n) is 5.28. The maximum absolute atomic E-state index is 12.2. The molecule has 146 valence electrons. The summed E-state index contributed by atoms with van der Waals surface area (Å²) in [5, 5.41) is 4.24. The molecule has 0 saturated carbocycles. The highest BCUT2D eigenvalue weighted by Crippen LogP contribution is 2.15. The zero-order chi connectivity index (χ0) is 19.2. The smallest absolute Gasteiger partial charge is 0.222 e. The summed E-state index contributed by atoms with van der Waals surface area (Å²) in [5.74, 6) is 0.0789. The molecular weight excluding hydrogens is 350 g/mol. The molecule has 0 bridgehead atoms. The average Bonchev–Trinajstić information content (AvgIpc) is 3.16. The Balaban J connectivity index is 1.23. The van der Waals surface area contributed by atoms with Gasteiger partial charge in [0.2, 0.25) is 5.91 Å². The fraction of sp³-hybridized carbons (Fsp3) is 0.348.